The maximum absolute atomic E-state index is 12.1. The monoisotopic (exact) mass is 302 g/mol. The molecular formula is C14H26N2O5. The molecule has 0 aromatic heterocycles. The van der Waals surface area contributed by atoms with Crippen LogP contribution < -0.4 is 11.1 Å². The Labute approximate surface area is 125 Å². The number of nitrogens with two attached hydrogens (primary N) is 1. The lowest BCUT2D eigenvalue weighted by molar-refractivity contribution is -0.159. The van der Waals surface area contributed by atoms with Gasteiger partial charge in [0.25, 0.3) is 0 Å². The number of amides is 1. The third-order valence-electron chi connectivity index (χ3n) is 3.17. The predicted molar refractivity (Wildman–Crippen MR) is 77.5 cm³/mol. The summed E-state index contributed by atoms with van der Waals surface area (Å²) in [7, 11) is 0. The summed E-state index contributed by atoms with van der Waals surface area (Å²) in [6.07, 6.45) is 0.0385. The second kappa shape index (κ2) is 7.40. The fourth-order valence-electron chi connectivity index (χ4n) is 1.48. The minimum Gasteiger partial charge on any atom is -0.480 e. The van der Waals surface area contributed by atoms with Crippen molar-refractivity contribution in [1.82, 2.24) is 5.32 Å². The molecule has 7 nitrogen and oxygen atoms in total. The van der Waals surface area contributed by atoms with Gasteiger partial charge in [0.2, 0.25) is 5.91 Å². The number of hydrogen-bond donors (Lipinski definition) is 3. The zero-order chi connectivity index (χ0) is 16.8. The van der Waals surface area contributed by atoms with Crippen molar-refractivity contribution in [3.05, 3.63) is 0 Å². The molecule has 0 aromatic carbocycles. The van der Waals surface area contributed by atoms with Crippen LogP contribution in [0, 0.1) is 5.41 Å². The van der Waals surface area contributed by atoms with E-state index in [2.05, 4.69) is 5.32 Å². The summed E-state index contributed by atoms with van der Waals surface area (Å²) in [5.74, 6) is -2.45. The molecule has 0 aromatic rings. The molecule has 0 aliphatic heterocycles. The molecule has 1 amide bonds. The first-order valence-corrected chi connectivity index (χ1v) is 6.91. The van der Waals surface area contributed by atoms with Gasteiger partial charge in [-0.2, -0.15) is 0 Å². The van der Waals surface area contributed by atoms with E-state index in [1.165, 1.54) is 0 Å². The van der Waals surface area contributed by atoms with Crippen molar-refractivity contribution in [1.29, 1.82) is 0 Å². The van der Waals surface area contributed by atoms with Crippen molar-refractivity contribution < 1.29 is 24.2 Å². The highest BCUT2D eigenvalue weighted by Crippen LogP contribution is 2.20. The highest BCUT2D eigenvalue weighted by Gasteiger charge is 2.34. The Morgan fingerprint density at radius 2 is 1.76 bits per heavy atom. The Morgan fingerprint density at radius 3 is 2.10 bits per heavy atom. The highest BCUT2D eigenvalue weighted by atomic mass is 16.6. The van der Waals surface area contributed by atoms with Crippen LogP contribution in [0.5, 0.6) is 0 Å². The van der Waals surface area contributed by atoms with E-state index in [4.69, 9.17) is 15.6 Å². The molecule has 0 heterocycles. The lowest BCUT2D eigenvalue weighted by Crippen LogP contribution is -2.50. The number of carbonyl (C=O) groups excluding carboxylic acids is 2. The Bertz CT molecular complexity index is 397. The van der Waals surface area contributed by atoms with E-state index < -0.39 is 41.3 Å². The summed E-state index contributed by atoms with van der Waals surface area (Å²) in [6.45, 7) is 8.57. The van der Waals surface area contributed by atoms with E-state index in [0.29, 0.717) is 6.42 Å². The lowest BCUT2D eigenvalue weighted by Gasteiger charge is -2.27. The van der Waals surface area contributed by atoms with Gasteiger partial charge in [-0.15, -0.1) is 0 Å². The molecule has 0 bridgehead atoms. The first-order chi connectivity index (χ1) is 9.45. The lowest BCUT2D eigenvalue weighted by atomic mass is 9.86. The number of ether oxygens (including phenoxy) is 1. The fourth-order valence-corrected chi connectivity index (χ4v) is 1.48. The second-order valence-electron chi connectivity index (χ2n) is 6.27. The van der Waals surface area contributed by atoms with Crippen LogP contribution in [0.25, 0.3) is 0 Å². The zero-order valence-electron chi connectivity index (χ0n) is 13.4. The molecule has 1 unspecified atom stereocenters. The largest absolute Gasteiger partial charge is 0.480 e. The van der Waals surface area contributed by atoms with E-state index in [1.807, 2.05) is 0 Å². The molecule has 2 atom stereocenters. The third-order valence-corrected chi connectivity index (χ3v) is 3.17. The minimum absolute atomic E-state index is 0.0914. The Balaban J connectivity index is 4.83. The number of esters is 1. The zero-order valence-corrected chi connectivity index (χ0v) is 13.4. The molecule has 122 valence electrons. The van der Waals surface area contributed by atoms with Crippen molar-refractivity contribution in [2.45, 2.75) is 59.1 Å². The number of nitrogens with one attached hydrogen (secondary N) is 1. The van der Waals surface area contributed by atoms with E-state index in [-0.39, 0.29) is 6.54 Å². The molecule has 0 saturated carbocycles. The molecule has 7 heteroatoms. The average Bonchev–Trinajstić information content (AvgIpc) is 2.34. The molecule has 4 N–H and O–H groups in total. The first kappa shape index (κ1) is 19.4. The minimum atomic E-state index is -1.33. The van der Waals surface area contributed by atoms with Gasteiger partial charge in [-0.1, -0.05) is 6.92 Å². The van der Waals surface area contributed by atoms with Crippen LogP contribution in [0.15, 0.2) is 0 Å². The maximum atomic E-state index is 12.1. The molecule has 0 spiro atoms. The Kier molecular flexibility index (Phi) is 6.82. The average molecular weight is 302 g/mol. The standard InChI is InChI=1S/C14H26N2O5/c1-6-14(5,8-15)12(20)16-9(11(18)19)7-10(17)21-13(2,3)4/h9H,6-8,15H2,1-5H3,(H,16,20)(H,18,19)/t9-,14?/m0/s1. The van der Waals surface area contributed by atoms with E-state index in [0.717, 1.165) is 0 Å². The van der Waals surface area contributed by atoms with Crippen molar-refractivity contribution in [2.24, 2.45) is 11.1 Å². The molecule has 0 aliphatic rings. The third kappa shape index (κ3) is 6.57. The normalized spacial score (nSPS) is 15.7. The number of carboxylic acid groups (broad SMARTS) is 1. The van der Waals surface area contributed by atoms with Crippen LogP contribution in [0.3, 0.4) is 0 Å². The van der Waals surface area contributed by atoms with Crippen LogP contribution in [0.2, 0.25) is 0 Å². The van der Waals surface area contributed by atoms with Gasteiger partial charge in [0.15, 0.2) is 0 Å². The molecule has 0 saturated heterocycles. The Morgan fingerprint density at radius 1 is 1.24 bits per heavy atom. The number of carbonyl (C=O) groups is 3. The van der Waals surface area contributed by atoms with Gasteiger partial charge >= 0.3 is 11.9 Å². The summed E-state index contributed by atoms with van der Waals surface area (Å²) in [6, 6.07) is -1.33. The van der Waals surface area contributed by atoms with Crippen LogP contribution in [-0.4, -0.2) is 41.1 Å². The summed E-state index contributed by atoms with van der Waals surface area (Å²) >= 11 is 0. The SMILES string of the molecule is CCC(C)(CN)C(=O)N[C@@H](CC(=O)OC(C)(C)C)C(=O)O. The summed E-state index contributed by atoms with van der Waals surface area (Å²) < 4.78 is 5.06. The van der Waals surface area contributed by atoms with Gasteiger partial charge < -0.3 is 20.9 Å². The summed E-state index contributed by atoms with van der Waals surface area (Å²) in [5, 5.41) is 11.5. The van der Waals surface area contributed by atoms with Crippen LogP contribution in [0.4, 0.5) is 0 Å². The molecular weight excluding hydrogens is 276 g/mol. The van der Waals surface area contributed by atoms with Gasteiger partial charge in [0.1, 0.15) is 11.6 Å². The maximum Gasteiger partial charge on any atom is 0.326 e. The molecule has 0 radical (unpaired) electrons. The highest BCUT2D eigenvalue weighted by molar-refractivity contribution is 5.89. The van der Waals surface area contributed by atoms with Crippen LogP contribution in [-0.2, 0) is 19.1 Å². The van der Waals surface area contributed by atoms with Crippen molar-refractivity contribution in [3.63, 3.8) is 0 Å². The molecule has 0 rings (SSSR count). The topological polar surface area (TPSA) is 119 Å². The van der Waals surface area contributed by atoms with Crippen molar-refractivity contribution in [3.8, 4) is 0 Å². The van der Waals surface area contributed by atoms with Gasteiger partial charge in [-0.3, -0.25) is 9.59 Å². The smallest absolute Gasteiger partial charge is 0.326 e. The van der Waals surface area contributed by atoms with E-state index in [1.54, 1.807) is 34.6 Å². The van der Waals surface area contributed by atoms with Gasteiger partial charge in [0, 0.05) is 6.54 Å². The quantitative estimate of drug-likeness (QED) is 0.594. The van der Waals surface area contributed by atoms with Crippen LogP contribution in [0.1, 0.15) is 47.5 Å². The van der Waals surface area contributed by atoms with Crippen molar-refractivity contribution in [2.75, 3.05) is 6.54 Å². The fraction of sp³-hybridized carbons (Fsp3) is 0.786. The number of rotatable bonds is 7. The predicted octanol–water partition coefficient (Wildman–Crippen LogP) is 0.663. The second-order valence-corrected chi connectivity index (χ2v) is 6.27. The summed E-state index contributed by atoms with van der Waals surface area (Å²) in [5.41, 5.74) is 3.99. The molecule has 0 aliphatic carbocycles. The Hall–Kier alpha value is -1.63. The van der Waals surface area contributed by atoms with Crippen molar-refractivity contribution >= 4 is 17.8 Å². The number of aliphatic carboxylic acids is 1. The van der Waals surface area contributed by atoms with Gasteiger partial charge in [0.05, 0.1) is 11.8 Å². The van der Waals surface area contributed by atoms with Gasteiger partial charge in [-0.05, 0) is 34.1 Å². The number of hydrogen-bond acceptors (Lipinski definition) is 5. The van der Waals surface area contributed by atoms with E-state index >= 15 is 0 Å². The molecule has 0 fully saturated rings. The van der Waals surface area contributed by atoms with Gasteiger partial charge in [-0.25, -0.2) is 4.79 Å². The van der Waals surface area contributed by atoms with E-state index in [9.17, 15) is 14.4 Å². The summed E-state index contributed by atoms with van der Waals surface area (Å²) in [4.78, 5) is 35.0. The van der Waals surface area contributed by atoms with Crippen LogP contribution >= 0.6 is 0 Å². The number of carboxylic acids is 1. The first-order valence-electron chi connectivity index (χ1n) is 6.91. The molecule has 21 heavy (non-hydrogen) atoms.